The van der Waals surface area contributed by atoms with E-state index in [9.17, 15) is 4.79 Å². The molecule has 0 aliphatic heterocycles. The van der Waals surface area contributed by atoms with Crippen molar-refractivity contribution >= 4 is 11.6 Å². The highest BCUT2D eigenvalue weighted by atomic mass is 16.5. The van der Waals surface area contributed by atoms with Gasteiger partial charge in [0.25, 0.3) is 5.91 Å². The Bertz CT molecular complexity index is 875. The average molecular weight is 375 g/mol. The molecule has 1 atom stereocenters. The number of aromatic nitrogens is 1. The molecule has 0 saturated heterocycles. The number of pyridine rings is 1. The zero-order chi connectivity index (χ0) is 19.8. The Morgan fingerprint density at radius 3 is 2.29 bits per heavy atom. The molecule has 0 aliphatic carbocycles. The zero-order valence-corrected chi connectivity index (χ0v) is 16.5. The summed E-state index contributed by atoms with van der Waals surface area (Å²) in [5.74, 6) is 0.724. The summed E-state index contributed by atoms with van der Waals surface area (Å²) in [6.07, 6.45) is 6.11. The standard InChI is InChI=1S/C24H26N2O2/c1-3-7-20-14-16-26(17-15-20)19(2)24(27)25-22-10-12-23(13-11-22)28-18-21-8-5-4-6-9-21/h4-6,8-17,19H,3,7,18H2,1-2H3/p+1/t19-/m0/s1. The first kappa shape index (κ1) is 19.6. The van der Waals surface area contributed by atoms with Gasteiger partial charge in [-0.15, -0.1) is 0 Å². The van der Waals surface area contributed by atoms with Gasteiger partial charge in [-0.1, -0.05) is 43.7 Å². The fourth-order valence-corrected chi connectivity index (χ4v) is 2.94. The van der Waals surface area contributed by atoms with E-state index in [0.29, 0.717) is 6.61 Å². The predicted molar refractivity (Wildman–Crippen MR) is 111 cm³/mol. The number of hydrogen-bond acceptors (Lipinski definition) is 2. The molecule has 1 N–H and O–H groups in total. The van der Waals surface area contributed by atoms with Gasteiger partial charge in [-0.05, 0) is 41.8 Å². The highest BCUT2D eigenvalue weighted by Crippen LogP contribution is 2.18. The van der Waals surface area contributed by atoms with E-state index in [2.05, 4.69) is 24.4 Å². The van der Waals surface area contributed by atoms with Crippen LogP contribution in [-0.4, -0.2) is 5.91 Å². The van der Waals surface area contributed by atoms with E-state index in [1.165, 1.54) is 5.56 Å². The predicted octanol–water partition coefficient (Wildman–Crippen LogP) is 4.71. The molecule has 1 amide bonds. The van der Waals surface area contributed by atoms with Gasteiger partial charge < -0.3 is 10.1 Å². The molecule has 0 unspecified atom stereocenters. The van der Waals surface area contributed by atoms with E-state index in [4.69, 9.17) is 4.74 Å². The minimum atomic E-state index is -0.287. The van der Waals surface area contributed by atoms with Gasteiger partial charge in [-0.2, -0.15) is 4.57 Å². The second-order valence-electron chi connectivity index (χ2n) is 6.87. The Kier molecular flexibility index (Phi) is 6.79. The summed E-state index contributed by atoms with van der Waals surface area (Å²) in [5, 5.41) is 2.97. The van der Waals surface area contributed by atoms with E-state index < -0.39 is 0 Å². The number of amides is 1. The van der Waals surface area contributed by atoms with Crippen molar-refractivity contribution in [3.05, 3.63) is 90.3 Å². The number of ether oxygens (including phenoxy) is 1. The number of hydrogen-bond donors (Lipinski definition) is 1. The number of benzene rings is 2. The summed E-state index contributed by atoms with van der Waals surface area (Å²) >= 11 is 0. The van der Waals surface area contributed by atoms with Crippen LogP contribution in [0.15, 0.2) is 79.1 Å². The molecule has 0 saturated carbocycles. The number of rotatable bonds is 8. The lowest BCUT2D eigenvalue weighted by Gasteiger charge is -2.10. The van der Waals surface area contributed by atoms with Crippen molar-refractivity contribution < 1.29 is 14.1 Å². The topological polar surface area (TPSA) is 42.2 Å². The van der Waals surface area contributed by atoms with Crippen molar-refractivity contribution in [3.8, 4) is 5.75 Å². The molecule has 4 heteroatoms. The summed E-state index contributed by atoms with van der Waals surface area (Å²) in [5.41, 5.74) is 3.17. The van der Waals surface area contributed by atoms with Crippen molar-refractivity contribution in [2.45, 2.75) is 39.3 Å². The van der Waals surface area contributed by atoms with Crippen molar-refractivity contribution in [2.24, 2.45) is 0 Å². The summed E-state index contributed by atoms with van der Waals surface area (Å²) in [6, 6.07) is 21.4. The van der Waals surface area contributed by atoms with Crippen LogP contribution in [0.5, 0.6) is 5.75 Å². The van der Waals surface area contributed by atoms with Gasteiger partial charge in [0.15, 0.2) is 12.4 Å². The normalized spacial score (nSPS) is 11.6. The molecular formula is C24H27N2O2+. The maximum Gasteiger partial charge on any atom is 0.293 e. The maximum atomic E-state index is 12.6. The van der Waals surface area contributed by atoms with Crippen LogP contribution in [0.3, 0.4) is 0 Å². The molecule has 0 spiro atoms. The van der Waals surface area contributed by atoms with Crippen LogP contribution < -0.4 is 14.6 Å². The van der Waals surface area contributed by atoms with E-state index in [0.717, 1.165) is 29.8 Å². The van der Waals surface area contributed by atoms with E-state index in [-0.39, 0.29) is 11.9 Å². The van der Waals surface area contributed by atoms with Gasteiger partial charge in [0.2, 0.25) is 6.04 Å². The summed E-state index contributed by atoms with van der Waals surface area (Å²) in [6.45, 7) is 4.58. The van der Waals surface area contributed by atoms with E-state index in [1.54, 1.807) is 0 Å². The van der Waals surface area contributed by atoms with Crippen LogP contribution in [0, 0.1) is 0 Å². The largest absolute Gasteiger partial charge is 0.489 e. The SMILES string of the molecule is CCCc1cc[n+]([C@@H](C)C(=O)Nc2ccc(OCc3ccccc3)cc2)cc1. The lowest BCUT2D eigenvalue weighted by molar-refractivity contribution is -0.705. The molecule has 3 aromatic rings. The molecule has 0 aliphatic rings. The van der Waals surface area contributed by atoms with Crippen LogP contribution >= 0.6 is 0 Å². The minimum absolute atomic E-state index is 0.0498. The van der Waals surface area contributed by atoms with Crippen molar-refractivity contribution in [3.63, 3.8) is 0 Å². The molecule has 3 rings (SSSR count). The quantitative estimate of drug-likeness (QED) is 0.580. The molecule has 4 nitrogen and oxygen atoms in total. The lowest BCUT2D eigenvalue weighted by Crippen LogP contribution is -2.44. The summed E-state index contributed by atoms with van der Waals surface area (Å²) in [7, 11) is 0. The molecule has 28 heavy (non-hydrogen) atoms. The third-order valence-corrected chi connectivity index (χ3v) is 4.66. The maximum absolute atomic E-state index is 12.6. The Morgan fingerprint density at radius 1 is 0.964 bits per heavy atom. The monoisotopic (exact) mass is 375 g/mol. The van der Waals surface area contributed by atoms with E-state index in [1.807, 2.05) is 78.5 Å². The van der Waals surface area contributed by atoms with Crippen molar-refractivity contribution in [1.82, 2.24) is 0 Å². The van der Waals surface area contributed by atoms with Crippen LogP contribution in [0.1, 0.15) is 37.4 Å². The molecule has 0 radical (unpaired) electrons. The van der Waals surface area contributed by atoms with Gasteiger partial charge in [0.1, 0.15) is 12.4 Å². The van der Waals surface area contributed by atoms with E-state index >= 15 is 0 Å². The van der Waals surface area contributed by atoms with Gasteiger partial charge in [0.05, 0.1) is 0 Å². The fourth-order valence-electron chi connectivity index (χ4n) is 2.94. The second kappa shape index (κ2) is 9.70. The van der Waals surface area contributed by atoms with Crippen molar-refractivity contribution in [1.29, 1.82) is 0 Å². The number of nitrogens with one attached hydrogen (secondary N) is 1. The highest BCUT2D eigenvalue weighted by Gasteiger charge is 2.21. The van der Waals surface area contributed by atoms with Gasteiger partial charge in [0, 0.05) is 24.7 Å². The highest BCUT2D eigenvalue weighted by molar-refractivity contribution is 5.92. The second-order valence-corrected chi connectivity index (χ2v) is 6.87. The molecule has 0 bridgehead atoms. The average Bonchev–Trinajstić information content (AvgIpc) is 2.74. The Morgan fingerprint density at radius 2 is 1.64 bits per heavy atom. The van der Waals surface area contributed by atoms with Gasteiger partial charge in [-0.25, -0.2) is 0 Å². The van der Waals surface area contributed by atoms with Crippen LogP contribution in [0.2, 0.25) is 0 Å². The molecule has 0 fully saturated rings. The smallest absolute Gasteiger partial charge is 0.293 e. The van der Waals surface area contributed by atoms with Crippen molar-refractivity contribution in [2.75, 3.05) is 5.32 Å². The first-order valence-electron chi connectivity index (χ1n) is 9.73. The molecule has 2 aromatic carbocycles. The molecule has 144 valence electrons. The Labute approximate surface area is 166 Å². The number of carbonyl (C=O) groups is 1. The third kappa shape index (κ3) is 5.43. The zero-order valence-electron chi connectivity index (χ0n) is 16.5. The minimum Gasteiger partial charge on any atom is -0.489 e. The number of carbonyl (C=O) groups excluding carboxylic acids is 1. The van der Waals surface area contributed by atoms with Crippen LogP contribution in [0.25, 0.3) is 0 Å². The molecule has 1 heterocycles. The third-order valence-electron chi connectivity index (χ3n) is 4.66. The van der Waals surface area contributed by atoms with Gasteiger partial charge in [-0.3, -0.25) is 4.79 Å². The Hall–Kier alpha value is -3.14. The number of aryl methyl sites for hydroxylation is 1. The fraction of sp³-hybridized carbons (Fsp3) is 0.250. The molecule has 1 aromatic heterocycles. The first-order chi connectivity index (χ1) is 13.7. The number of anilines is 1. The Balaban J connectivity index is 1.54. The lowest BCUT2D eigenvalue weighted by atomic mass is 10.1. The summed E-state index contributed by atoms with van der Waals surface area (Å²) < 4.78 is 7.71. The van der Waals surface area contributed by atoms with Crippen LogP contribution in [-0.2, 0) is 17.8 Å². The molecular weight excluding hydrogens is 348 g/mol. The summed E-state index contributed by atoms with van der Waals surface area (Å²) in [4.78, 5) is 12.6. The van der Waals surface area contributed by atoms with Crippen LogP contribution in [0.4, 0.5) is 5.69 Å². The van der Waals surface area contributed by atoms with Gasteiger partial charge >= 0.3 is 0 Å². The number of nitrogens with zero attached hydrogens (tertiary/aromatic N) is 1. The first-order valence-corrected chi connectivity index (χ1v) is 9.73.